The summed E-state index contributed by atoms with van der Waals surface area (Å²) in [5.74, 6) is 0. The molecule has 1 heterocycles. The van der Waals surface area contributed by atoms with Crippen molar-refractivity contribution in [1.29, 1.82) is 0 Å². The summed E-state index contributed by atoms with van der Waals surface area (Å²) in [6, 6.07) is 15.7. The van der Waals surface area contributed by atoms with Gasteiger partial charge in [-0.2, -0.15) is 0 Å². The molecule has 19 heavy (non-hydrogen) atoms. The minimum atomic E-state index is 0.382. The Morgan fingerprint density at radius 2 is 2.05 bits per heavy atom. The van der Waals surface area contributed by atoms with Gasteiger partial charge in [0.1, 0.15) is 0 Å². The number of fused-ring (bicyclic) bond motifs is 1. The fourth-order valence-electron chi connectivity index (χ4n) is 2.94. The zero-order chi connectivity index (χ0) is 13.1. The van der Waals surface area contributed by atoms with E-state index in [0.717, 1.165) is 13.0 Å². The summed E-state index contributed by atoms with van der Waals surface area (Å²) in [6.45, 7) is 0.929. The Hall–Kier alpha value is -1.38. The standard InChI is InChI=1S/C17H21NO/c1-18-17(12-16-7-4-10-19-16)15-9-8-13-5-2-3-6-14(13)11-15/h2-3,5-6,8-9,11,16-18H,4,7,10,12H2,1H3. The van der Waals surface area contributed by atoms with Crippen LogP contribution in [-0.2, 0) is 4.74 Å². The molecule has 100 valence electrons. The van der Waals surface area contributed by atoms with Crippen molar-refractivity contribution in [3.63, 3.8) is 0 Å². The van der Waals surface area contributed by atoms with Gasteiger partial charge in [-0.1, -0.05) is 36.4 Å². The average Bonchev–Trinajstić information content (AvgIpc) is 2.97. The highest BCUT2D eigenvalue weighted by Gasteiger charge is 2.21. The largest absolute Gasteiger partial charge is 0.378 e. The summed E-state index contributed by atoms with van der Waals surface area (Å²) < 4.78 is 5.75. The third kappa shape index (κ3) is 2.80. The number of ether oxygens (including phenoxy) is 1. The Morgan fingerprint density at radius 1 is 1.21 bits per heavy atom. The van der Waals surface area contributed by atoms with Crippen molar-refractivity contribution in [3.05, 3.63) is 48.0 Å². The molecule has 0 saturated carbocycles. The molecule has 0 spiro atoms. The van der Waals surface area contributed by atoms with Gasteiger partial charge in [-0.05, 0) is 48.7 Å². The predicted molar refractivity (Wildman–Crippen MR) is 79.3 cm³/mol. The monoisotopic (exact) mass is 255 g/mol. The number of nitrogens with one attached hydrogen (secondary N) is 1. The van der Waals surface area contributed by atoms with Crippen LogP contribution >= 0.6 is 0 Å². The lowest BCUT2D eigenvalue weighted by molar-refractivity contribution is 0.0954. The second kappa shape index (κ2) is 5.72. The molecule has 3 rings (SSSR count). The predicted octanol–water partition coefficient (Wildman–Crippen LogP) is 3.67. The van der Waals surface area contributed by atoms with Crippen LogP contribution in [0.15, 0.2) is 42.5 Å². The SMILES string of the molecule is CNC(CC1CCCO1)c1ccc2ccccc2c1. The van der Waals surface area contributed by atoms with Gasteiger partial charge in [-0.15, -0.1) is 0 Å². The zero-order valence-electron chi connectivity index (χ0n) is 11.4. The molecule has 0 amide bonds. The highest BCUT2D eigenvalue weighted by atomic mass is 16.5. The third-order valence-corrected chi connectivity index (χ3v) is 4.05. The molecule has 1 fully saturated rings. The van der Waals surface area contributed by atoms with Gasteiger partial charge < -0.3 is 10.1 Å². The van der Waals surface area contributed by atoms with Crippen LogP contribution < -0.4 is 5.32 Å². The fraction of sp³-hybridized carbons (Fsp3) is 0.412. The van der Waals surface area contributed by atoms with Gasteiger partial charge in [-0.25, -0.2) is 0 Å². The maximum atomic E-state index is 5.75. The van der Waals surface area contributed by atoms with E-state index in [0.29, 0.717) is 12.1 Å². The first-order valence-corrected chi connectivity index (χ1v) is 7.14. The van der Waals surface area contributed by atoms with Gasteiger partial charge in [-0.3, -0.25) is 0 Å². The molecule has 2 aromatic carbocycles. The smallest absolute Gasteiger partial charge is 0.0594 e. The van der Waals surface area contributed by atoms with Gasteiger partial charge in [0.15, 0.2) is 0 Å². The molecule has 2 unspecified atom stereocenters. The van der Waals surface area contributed by atoms with Crippen LogP contribution in [0.4, 0.5) is 0 Å². The molecule has 0 bridgehead atoms. The van der Waals surface area contributed by atoms with Crippen molar-refractivity contribution in [2.24, 2.45) is 0 Å². The quantitative estimate of drug-likeness (QED) is 0.900. The van der Waals surface area contributed by atoms with E-state index in [-0.39, 0.29) is 0 Å². The summed E-state index contributed by atoms with van der Waals surface area (Å²) >= 11 is 0. The summed E-state index contributed by atoms with van der Waals surface area (Å²) in [5, 5.41) is 6.05. The molecule has 0 radical (unpaired) electrons. The van der Waals surface area contributed by atoms with Crippen LogP contribution in [0.3, 0.4) is 0 Å². The normalized spacial score (nSPS) is 20.8. The van der Waals surface area contributed by atoms with E-state index in [1.165, 1.54) is 29.2 Å². The van der Waals surface area contributed by atoms with E-state index in [2.05, 4.69) is 47.8 Å². The van der Waals surface area contributed by atoms with Crippen LogP contribution in [-0.4, -0.2) is 19.8 Å². The first-order chi connectivity index (χ1) is 9.36. The van der Waals surface area contributed by atoms with Crippen LogP contribution in [0.5, 0.6) is 0 Å². The van der Waals surface area contributed by atoms with Crippen molar-refractivity contribution < 1.29 is 4.74 Å². The van der Waals surface area contributed by atoms with Crippen molar-refractivity contribution in [2.45, 2.75) is 31.4 Å². The van der Waals surface area contributed by atoms with Gasteiger partial charge in [0.05, 0.1) is 6.10 Å². The Balaban J connectivity index is 1.83. The van der Waals surface area contributed by atoms with E-state index in [9.17, 15) is 0 Å². The van der Waals surface area contributed by atoms with Crippen molar-refractivity contribution in [3.8, 4) is 0 Å². The van der Waals surface area contributed by atoms with Crippen molar-refractivity contribution in [2.75, 3.05) is 13.7 Å². The van der Waals surface area contributed by atoms with E-state index in [4.69, 9.17) is 4.74 Å². The van der Waals surface area contributed by atoms with Gasteiger partial charge >= 0.3 is 0 Å². The lowest BCUT2D eigenvalue weighted by Gasteiger charge is -2.20. The lowest BCUT2D eigenvalue weighted by Crippen LogP contribution is -2.22. The number of benzene rings is 2. The number of hydrogen-bond donors (Lipinski definition) is 1. The summed E-state index contributed by atoms with van der Waals surface area (Å²) in [4.78, 5) is 0. The van der Waals surface area contributed by atoms with Gasteiger partial charge in [0.25, 0.3) is 0 Å². The first kappa shape index (κ1) is 12.6. The van der Waals surface area contributed by atoms with Crippen LogP contribution in [0, 0.1) is 0 Å². The van der Waals surface area contributed by atoms with Crippen LogP contribution in [0.2, 0.25) is 0 Å². The molecule has 1 aliphatic rings. The molecular formula is C17H21NO. The Bertz CT molecular complexity index is 546. The molecule has 0 aromatic heterocycles. The second-order valence-corrected chi connectivity index (χ2v) is 5.32. The number of hydrogen-bond acceptors (Lipinski definition) is 2. The average molecular weight is 255 g/mol. The molecule has 2 atom stereocenters. The first-order valence-electron chi connectivity index (χ1n) is 7.14. The molecule has 2 aromatic rings. The van der Waals surface area contributed by atoms with Gasteiger partial charge in [0.2, 0.25) is 0 Å². The van der Waals surface area contributed by atoms with Gasteiger partial charge in [0, 0.05) is 12.6 Å². The molecule has 2 nitrogen and oxygen atoms in total. The Labute approximate surface area is 114 Å². The van der Waals surface area contributed by atoms with E-state index in [1.807, 2.05) is 7.05 Å². The minimum absolute atomic E-state index is 0.382. The Kier molecular flexibility index (Phi) is 3.81. The summed E-state index contributed by atoms with van der Waals surface area (Å²) in [5.41, 5.74) is 1.36. The molecular weight excluding hydrogens is 234 g/mol. The Morgan fingerprint density at radius 3 is 2.79 bits per heavy atom. The topological polar surface area (TPSA) is 21.3 Å². The van der Waals surface area contributed by atoms with Crippen LogP contribution in [0.1, 0.15) is 30.9 Å². The number of rotatable bonds is 4. The zero-order valence-corrected chi connectivity index (χ0v) is 11.4. The third-order valence-electron chi connectivity index (χ3n) is 4.05. The summed E-state index contributed by atoms with van der Waals surface area (Å²) in [6.07, 6.45) is 3.89. The van der Waals surface area contributed by atoms with Crippen molar-refractivity contribution in [1.82, 2.24) is 5.32 Å². The second-order valence-electron chi connectivity index (χ2n) is 5.32. The fourth-order valence-corrected chi connectivity index (χ4v) is 2.94. The molecule has 1 saturated heterocycles. The maximum Gasteiger partial charge on any atom is 0.0594 e. The summed E-state index contributed by atoms with van der Waals surface area (Å²) in [7, 11) is 2.04. The van der Waals surface area contributed by atoms with E-state index >= 15 is 0 Å². The van der Waals surface area contributed by atoms with Crippen LogP contribution in [0.25, 0.3) is 10.8 Å². The molecule has 2 heteroatoms. The van der Waals surface area contributed by atoms with E-state index in [1.54, 1.807) is 0 Å². The van der Waals surface area contributed by atoms with E-state index < -0.39 is 0 Å². The maximum absolute atomic E-state index is 5.75. The highest BCUT2D eigenvalue weighted by Crippen LogP contribution is 2.27. The highest BCUT2D eigenvalue weighted by molar-refractivity contribution is 5.83. The molecule has 1 N–H and O–H groups in total. The minimum Gasteiger partial charge on any atom is -0.378 e. The van der Waals surface area contributed by atoms with Crippen molar-refractivity contribution >= 4 is 10.8 Å². The molecule has 1 aliphatic heterocycles. The lowest BCUT2D eigenvalue weighted by atomic mass is 9.97. The molecule has 0 aliphatic carbocycles.